The van der Waals surface area contributed by atoms with Crippen molar-refractivity contribution in [2.24, 2.45) is 0 Å². The normalized spacial score (nSPS) is 9.92. The first-order valence-electron chi connectivity index (χ1n) is 3.64. The Kier molecular flexibility index (Phi) is 2.44. The molecule has 4 nitrogen and oxygen atoms in total. The standard InChI is InChI=1S/C8H6IN3O/c9-12-8-11-7(5-13-8)6-3-1-2-4-10-6/h1-5H,(H,11,12). The zero-order chi connectivity index (χ0) is 9.10. The molecule has 0 atom stereocenters. The summed E-state index contributed by atoms with van der Waals surface area (Å²) in [5.74, 6) is 0. The van der Waals surface area contributed by atoms with Gasteiger partial charge in [0.1, 0.15) is 12.0 Å². The summed E-state index contributed by atoms with van der Waals surface area (Å²) in [5, 5.41) is 0. The van der Waals surface area contributed by atoms with E-state index < -0.39 is 0 Å². The Morgan fingerprint density at radius 1 is 1.31 bits per heavy atom. The fourth-order valence-electron chi connectivity index (χ4n) is 0.949. The minimum absolute atomic E-state index is 0.487. The summed E-state index contributed by atoms with van der Waals surface area (Å²) >= 11 is 1.96. The van der Waals surface area contributed by atoms with Crippen molar-refractivity contribution in [1.29, 1.82) is 0 Å². The van der Waals surface area contributed by atoms with Gasteiger partial charge in [-0.1, -0.05) is 6.07 Å². The van der Waals surface area contributed by atoms with Gasteiger partial charge >= 0.3 is 6.01 Å². The predicted octanol–water partition coefficient (Wildman–Crippen LogP) is 2.50. The second-order valence-corrected chi connectivity index (χ2v) is 2.89. The van der Waals surface area contributed by atoms with Crippen LogP contribution >= 0.6 is 22.9 Å². The maximum absolute atomic E-state index is 5.10. The first kappa shape index (κ1) is 8.49. The predicted molar refractivity (Wildman–Crippen MR) is 57.4 cm³/mol. The quantitative estimate of drug-likeness (QED) is 0.681. The number of halogens is 1. The van der Waals surface area contributed by atoms with Gasteiger partial charge in [-0.15, -0.1) is 0 Å². The highest BCUT2D eigenvalue weighted by Crippen LogP contribution is 2.18. The molecule has 0 saturated heterocycles. The number of pyridine rings is 1. The molecule has 2 aromatic heterocycles. The highest BCUT2D eigenvalue weighted by molar-refractivity contribution is 14.1. The second kappa shape index (κ2) is 3.73. The van der Waals surface area contributed by atoms with Crippen LogP contribution in [0.2, 0.25) is 0 Å². The van der Waals surface area contributed by atoms with Gasteiger partial charge in [0, 0.05) is 6.20 Å². The molecule has 0 saturated carbocycles. The molecule has 13 heavy (non-hydrogen) atoms. The number of nitrogens with one attached hydrogen (secondary N) is 1. The van der Waals surface area contributed by atoms with Crippen LogP contribution in [0.15, 0.2) is 35.1 Å². The number of oxazole rings is 1. The summed E-state index contributed by atoms with van der Waals surface area (Å²) in [6.07, 6.45) is 3.30. The molecule has 0 aliphatic rings. The van der Waals surface area contributed by atoms with Gasteiger partial charge < -0.3 is 4.42 Å². The molecule has 0 amide bonds. The van der Waals surface area contributed by atoms with Gasteiger partial charge in [-0.2, -0.15) is 4.98 Å². The maximum atomic E-state index is 5.10. The van der Waals surface area contributed by atoms with Crippen molar-refractivity contribution < 1.29 is 4.42 Å². The van der Waals surface area contributed by atoms with Crippen LogP contribution in [0.3, 0.4) is 0 Å². The molecular weight excluding hydrogens is 281 g/mol. The zero-order valence-corrected chi connectivity index (χ0v) is 8.72. The van der Waals surface area contributed by atoms with Crippen molar-refractivity contribution in [2.75, 3.05) is 3.53 Å². The zero-order valence-electron chi connectivity index (χ0n) is 6.57. The number of rotatable bonds is 2. The summed E-state index contributed by atoms with van der Waals surface area (Å²) in [6, 6.07) is 6.14. The molecule has 2 heterocycles. The Hall–Kier alpha value is -1.11. The lowest BCUT2D eigenvalue weighted by Gasteiger charge is -1.90. The minimum Gasteiger partial charge on any atom is -0.431 e. The van der Waals surface area contributed by atoms with Gasteiger partial charge in [-0.3, -0.25) is 8.51 Å². The molecule has 0 aliphatic heterocycles. The van der Waals surface area contributed by atoms with E-state index in [0.29, 0.717) is 6.01 Å². The van der Waals surface area contributed by atoms with Crippen molar-refractivity contribution in [1.82, 2.24) is 9.97 Å². The Morgan fingerprint density at radius 2 is 2.23 bits per heavy atom. The van der Waals surface area contributed by atoms with Gasteiger partial charge in [-0.05, 0) is 12.1 Å². The maximum Gasteiger partial charge on any atom is 0.304 e. The second-order valence-electron chi connectivity index (χ2n) is 2.35. The van der Waals surface area contributed by atoms with Crippen molar-refractivity contribution >= 4 is 28.9 Å². The lowest BCUT2D eigenvalue weighted by atomic mass is 10.3. The molecule has 0 aliphatic carbocycles. The van der Waals surface area contributed by atoms with Crippen molar-refractivity contribution in [3.63, 3.8) is 0 Å². The first-order valence-corrected chi connectivity index (χ1v) is 4.71. The lowest BCUT2D eigenvalue weighted by molar-refractivity contribution is 0.582. The van der Waals surface area contributed by atoms with Crippen LogP contribution in [-0.2, 0) is 0 Å². The Morgan fingerprint density at radius 3 is 2.85 bits per heavy atom. The summed E-state index contributed by atoms with van der Waals surface area (Å²) in [5.41, 5.74) is 1.55. The van der Waals surface area contributed by atoms with E-state index >= 15 is 0 Å². The van der Waals surface area contributed by atoms with E-state index in [0.717, 1.165) is 11.4 Å². The van der Waals surface area contributed by atoms with E-state index in [1.165, 1.54) is 0 Å². The highest BCUT2D eigenvalue weighted by Gasteiger charge is 2.04. The Balaban J connectivity index is 2.36. The molecule has 66 valence electrons. The highest BCUT2D eigenvalue weighted by atomic mass is 127. The van der Waals surface area contributed by atoms with Crippen molar-refractivity contribution in [3.05, 3.63) is 30.7 Å². The Labute approximate surface area is 88.9 Å². The molecule has 5 heteroatoms. The summed E-state index contributed by atoms with van der Waals surface area (Å²) in [4.78, 5) is 8.30. The van der Waals surface area contributed by atoms with Crippen LogP contribution in [0, 0.1) is 0 Å². The largest absolute Gasteiger partial charge is 0.431 e. The van der Waals surface area contributed by atoms with Gasteiger partial charge in [0.15, 0.2) is 0 Å². The molecular formula is C8H6IN3O. The van der Waals surface area contributed by atoms with E-state index in [9.17, 15) is 0 Å². The lowest BCUT2D eigenvalue weighted by Crippen LogP contribution is -1.82. The third-order valence-corrected chi connectivity index (χ3v) is 1.97. The summed E-state index contributed by atoms with van der Waals surface area (Å²) in [7, 11) is 0. The molecule has 0 radical (unpaired) electrons. The fourth-order valence-corrected chi connectivity index (χ4v) is 1.20. The van der Waals surface area contributed by atoms with Gasteiger partial charge in [-0.25, -0.2) is 0 Å². The molecule has 0 fully saturated rings. The fraction of sp³-hybridized carbons (Fsp3) is 0. The monoisotopic (exact) mass is 287 g/mol. The number of aromatic nitrogens is 2. The minimum atomic E-state index is 0.487. The van der Waals surface area contributed by atoms with Crippen molar-refractivity contribution in [3.8, 4) is 11.4 Å². The van der Waals surface area contributed by atoms with Gasteiger partial charge in [0.25, 0.3) is 0 Å². The number of hydrogen-bond acceptors (Lipinski definition) is 4. The van der Waals surface area contributed by atoms with E-state index in [1.807, 2.05) is 41.1 Å². The van der Waals surface area contributed by atoms with E-state index in [4.69, 9.17) is 4.42 Å². The SMILES string of the molecule is INc1nc(-c2ccccn2)co1. The number of nitrogens with zero attached hydrogens (tertiary/aromatic N) is 2. The van der Waals surface area contributed by atoms with Crippen LogP contribution in [0.5, 0.6) is 0 Å². The molecule has 0 unspecified atom stereocenters. The molecule has 2 aromatic rings. The van der Waals surface area contributed by atoms with E-state index in [-0.39, 0.29) is 0 Å². The first-order chi connectivity index (χ1) is 6.40. The summed E-state index contributed by atoms with van der Waals surface area (Å²) in [6.45, 7) is 0. The van der Waals surface area contributed by atoms with Crippen LogP contribution < -0.4 is 3.53 Å². The smallest absolute Gasteiger partial charge is 0.304 e. The van der Waals surface area contributed by atoms with E-state index in [1.54, 1.807) is 12.5 Å². The molecule has 2 rings (SSSR count). The Bertz CT molecular complexity index is 387. The number of hydrogen-bond donors (Lipinski definition) is 1. The third-order valence-electron chi connectivity index (χ3n) is 1.51. The van der Waals surface area contributed by atoms with Gasteiger partial charge in [0.2, 0.25) is 0 Å². The summed E-state index contributed by atoms with van der Waals surface area (Å²) < 4.78 is 7.88. The van der Waals surface area contributed by atoms with E-state index in [2.05, 4.69) is 13.5 Å². The topological polar surface area (TPSA) is 51.0 Å². The molecule has 1 N–H and O–H groups in total. The molecule has 0 bridgehead atoms. The average molecular weight is 287 g/mol. The average Bonchev–Trinajstić information content (AvgIpc) is 2.67. The van der Waals surface area contributed by atoms with Gasteiger partial charge in [0.05, 0.1) is 28.6 Å². The van der Waals surface area contributed by atoms with Crippen LogP contribution in [0.4, 0.5) is 6.01 Å². The molecule has 0 spiro atoms. The van der Waals surface area contributed by atoms with Crippen LogP contribution in [-0.4, -0.2) is 9.97 Å². The third kappa shape index (κ3) is 1.80. The molecule has 0 aromatic carbocycles. The van der Waals surface area contributed by atoms with Crippen molar-refractivity contribution in [2.45, 2.75) is 0 Å². The van der Waals surface area contributed by atoms with Crippen LogP contribution in [0.1, 0.15) is 0 Å². The number of anilines is 1. The van der Waals surface area contributed by atoms with Crippen LogP contribution in [0.25, 0.3) is 11.4 Å².